The quantitative estimate of drug-likeness (QED) is 0.0125. The van der Waals surface area contributed by atoms with Crippen molar-refractivity contribution in [2.24, 2.45) is 4.99 Å². The summed E-state index contributed by atoms with van der Waals surface area (Å²) in [7, 11) is 0. The number of alkyl carbamates (subject to hydrolysis) is 7. The van der Waals surface area contributed by atoms with Crippen molar-refractivity contribution in [2.45, 2.75) is 331 Å². The normalized spacial score (nSPS) is 12.9. The summed E-state index contributed by atoms with van der Waals surface area (Å²) < 4.78 is 44.2. The molecule has 1 rings (SSSR count). The second-order valence-electron chi connectivity index (χ2n) is 35.0. The molecule has 0 aromatic heterocycles. The van der Waals surface area contributed by atoms with E-state index in [1.165, 1.54) is 5.56 Å². The third kappa shape index (κ3) is 57.1. The highest BCUT2D eigenvalue weighted by Gasteiger charge is 2.30. The minimum Gasteiger partial charge on any atom is -0.492 e. The third-order valence-electron chi connectivity index (χ3n) is 15.4. The predicted molar refractivity (Wildman–Crippen MR) is 438 cm³/mol. The molecule has 11 amide bonds. The van der Waals surface area contributed by atoms with E-state index in [-0.39, 0.29) is 70.2 Å². The largest absolute Gasteiger partial charge is 0.492 e. The summed E-state index contributed by atoms with van der Waals surface area (Å²) in [5.74, 6) is -1.05. The van der Waals surface area contributed by atoms with Gasteiger partial charge in [0.1, 0.15) is 81.6 Å². The molecular formula is C81H144N14O19. The number of amides is 11. The molecule has 0 aliphatic heterocycles. The van der Waals surface area contributed by atoms with E-state index in [0.29, 0.717) is 97.0 Å². The van der Waals surface area contributed by atoms with Crippen LogP contribution in [0.4, 0.5) is 33.6 Å². The van der Waals surface area contributed by atoms with Gasteiger partial charge in [-0.15, -0.1) is 0 Å². The molecule has 0 saturated carbocycles. The van der Waals surface area contributed by atoms with Crippen LogP contribution in [0.3, 0.4) is 0 Å². The van der Waals surface area contributed by atoms with E-state index in [1.54, 1.807) is 145 Å². The summed E-state index contributed by atoms with van der Waals surface area (Å²) in [6.07, 6.45) is 3.96. The van der Waals surface area contributed by atoms with E-state index < -0.39 is 130 Å². The first-order chi connectivity index (χ1) is 52.8. The van der Waals surface area contributed by atoms with Gasteiger partial charge in [0.25, 0.3) is 0 Å². The number of nitrogens with zero attached hydrogens (tertiary/aromatic N) is 2. The lowest BCUT2D eigenvalue weighted by Crippen LogP contribution is -2.49. The molecule has 12 N–H and O–H groups in total. The molecular weight excluding hydrogens is 1470 g/mol. The van der Waals surface area contributed by atoms with Gasteiger partial charge in [0.2, 0.25) is 29.6 Å². The Morgan fingerprint density at radius 1 is 0.360 bits per heavy atom. The number of benzene rings is 1. The van der Waals surface area contributed by atoms with Crippen molar-refractivity contribution in [1.82, 2.24) is 68.7 Å². The fraction of sp³-hybridized carbons (Fsp3) is 0.753. The highest BCUT2D eigenvalue weighted by molar-refractivity contribution is 6.01. The van der Waals surface area contributed by atoms with Crippen molar-refractivity contribution < 1.29 is 90.6 Å². The minimum absolute atomic E-state index is 0.0869. The molecule has 0 fully saturated rings. The highest BCUT2D eigenvalue weighted by Crippen LogP contribution is 2.18. The first-order valence-corrected chi connectivity index (χ1v) is 40.3. The predicted octanol–water partition coefficient (Wildman–Crippen LogP) is 11.6. The number of aliphatic imine (C=N–C) groups is 1. The van der Waals surface area contributed by atoms with E-state index in [2.05, 4.69) is 99.3 Å². The Bertz CT molecular complexity index is 3130. The Morgan fingerprint density at radius 2 is 0.658 bits per heavy atom. The molecule has 0 heterocycles. The molecule has 114 heavy (non-hydrogen) atoms. The van der Waals surface area contributed by atoms with Crippen molar-refractivity contribution in [1.29, 1.82) is 0 Å². The van der Waals surface area contributed by atoms with Gasteiger partial charge in [-0.25, -0.2) is 33.6 Å². The number of guanidine groups is 1. The zero-order chi connectivity index (χ0) is 86.5. The summed E-state index contributed by atoms with van der Waals surface area (Å²) in [6.45, 7) is 44.9. The lowest BCUT2D eigenvalue weighted by atomic mass is 10.1. The van der Waals surface area contributed by atoms with Crippen molar-refractivity contribution in [2.75, 3.05) is 65.5 Å². The summed E-state index contributed by atoms with van der Waals surface area (Å²) in [5, 5.41) is 32.9. The molecule has 33 heteroatoms. The lowest BCUT2D eigenvalue weighted by molar-refractivity contribution is -0.124. The third-order valence-corrected chi connectivity index (χ3v) is 15.4. The van der Waals surface area contributed by atoms with Gasteiger partial charge in [-0.05, 0) is 279 Å². The summed E-state index contributed by atoms with van der Waals surface area (Å²) >= 11 is 0. The van der Waals surface area contributed by atoms with Gasteiger partial charge in [-0.3, -0.25) is 45.0 Å². The first kappa shape index (κ1) is 103. The molecule has 4 atom stereocenters. The van der Waals surface area contributed by atoms with Gasteiger partial charge >= 0.3 is 42.7 Å². The number of carbonyl (C=O) groups is 11. The topological polar surface area (TPSA) is 422 Å². The zero-order valence-corrected chi connectivity index (χ0v) is 72.8. The molecule has 33 nitrogen and oxygen atoms in total. The SMILES string of the molecule is C=C(NCCCC[C@H](NC(=O)OC(C)(C)C)C(=O)NCCCC[C@H](NC(=O)OC(C)(C)C)C(=O)NCCCN(CCCNC(=O)[C@H](CCCCNC(=O)[C@H](CCCCN=C(NC(=O)OC(C)(C)C)NC(=O)OC(C)(C)C)NC(=O)OC(C)(C)C)NC(=O)OC(C)(C)C)CCOc1ccc(CCCCC)cc1)NC(=O)OC(C)(C)C. The summed E-state index contributed by atoms with van der Waals surface area (Å²) in [6, 6.07) is 4.07. The van der Waals surface area contributed by atoms with E-state index in [0.717, 1.165) is 31.4 Å². The zero-order valence-electron chi connectivity index (χ0n) is 72.8. The molecule has 0 aliphatic carbocycles. The van der Waals surface area contributed by atoms with E-state index in [1.807, 2.05) is 12.1 Å². The van der Waals surface area contributed by atoms with Crippen molar-refractivity contribution >= 4 is 72.2 Å². The average Bonchev–Trinajstić information content (AvgIpc) is 0.919. The van der Waals surface area contributed by atoms with Crippen LogP contribution in [0, 0.1) is 0 Å². The Hall–Kier alpha value is -9.04. The van der Waals surface area contributed by atoms with Crippen LogP contribution in [0.5, 0.6) is 5.75 Å². The van der Waals surface area contributed by atoms with Gasteiger partial charge in [0.15, 0.2) is 0 Å². The minimum atomic E-state index is -1.03. The molecule has 1 aromatic carbocycles. The maximum absolute atomic E-state index is 14.0. The Morgan fingerprint density at radius 3 is 0.982 bits per heavy atom. The van der Waals surface area contributed by atoms with Crippen LogP contribution in [0.25, 0.3) is 0 Å². The van der Waals surface area contributed by atoms with Gasteiger partial charge < -0.3 is 85.7 Å². The molecule has 0 radical (unpaired) electrons. The molecule has 0 saturated heterocycles. The number of hydrogen-bond donors (Lipinski definition) is 12. The van der Waals surface area contributed by atoms with Crippen LogP contribution in [-0.2, 0) is 58.8 Å². The van der Waals surface area contributed by atoms with Gasteiger partial charge in [0, 0.05) is 45.8 Å². The van der Waals surface area contributed by atoms with Crippen LogP contribution < -0.4 is 68.5 Å². The lowest BCUT2D eigenvalue weighted by Gasteiger charge is -2.25. The fourth-order valence-corrected chi connectivity index (χ4v) is 10.5. The number of carbonyl (C=O) groups excluding carboxylic acids is 11. The van der Waals surface area contributed by atoms with E-state index in [9.17, 15) is 52.7 Å². The molecule has 0 unspecified atom stereocenters. The molecule has 652 valence electrons. The van der Waals surface area contributed by atoms with Crippen LogP contribution in [-0.4, -0.2) is 206 Å². The highest BCUT2D eigenvalue weighted by atomic mass is 16.6. The number of aryl methyl sites for hydroxylation is 1. The Balaban J connectivity index is 3.24. The Kier molecular flexibility index (Phi) is 46.7. The van der Waals surface area contributed by atoms with Crippen LogP contribution in [0.2, 0.25) is 0 Å². The summed E-state index contributed by atoms with van der Waals surface area (Å²) in [5.41, 5.74) is -4.55. The van der Waals surface area contributed by atoms with Gasteiger partial charge in [-0.2, -0.15) is 0 Å². The van der Waals surface area contributed by atoms with E-state index in [4.69, 9.17) is 37.9 Å². The van der Waals surface area contributed by atoms with Crippen LogP contribution in [0.1, 0.15) is 267 Å². The molecule has 0 aliphatic rings. The maximum Gasteiger partial charge on any atom is 0.414 e. The average molecular weight is 1620 g/mol. The Labute approximate surface area is 678 Å². The standard InChI is InChI=1S/C81H144N14O19/c1-24-25-26-37-57-42-44-58(45-43-57)107-55-54-95(52-35-50-85-65(98)61(91-71(103)111-78(12,13)14)39-28-32-47-83-63(96)59(89-69(101)109-76(6,7)8)38-27-31-46-82-56(2)88-68(100)108-75(3,4)5)53-36-51-86-66(99)62(92-72(104)112-79(15,16)17)40-29-33-48-84-64(97)60(90-70(102)110-77(9,10)11)41-30-34-49-87-67(93-73(105)113-80(18,19)20)94-74(106)114-81(21,22)23/h42-45,59-62,82H,2,24-41,46-55H2,1,3-23H3,(H,83,96)(H,84,97)(H,85,98)(H,86,99)(H,88,100)(H,89,101)(H,90,102)(H,91,103)(H,92,104)(H2,87,93,94,105,106)/t59-,60-,61-,62-/m0/s1. The first-order valence-electron chi connectivity index (χ1n) is 40.3. The molecule has 0 spiro atoms. The van der Waals surface area contributed by atoms with Gasteiger partial charge in [0.05, 0.1) is 0 Å². The maximum atomic E-state index is 14.0. The number of unbranched alkanes of at least 4 members (excludes halogenated alkanes) is 6. The van der Waals surface area contributed by atoms with E-state index >= 15 is 0 Å². The second kappa shape index (κ2) is 51.7. The molecule has 0 bridgehead atoms. The number of rotatable bonds is 46. The molecule has 1 aromatic rings. The second-order valence-corrected chi connectivity index (χ2v) is 35.0. The van der Waals surface area contributed by atoms with Gasteiger partial charge in [-0.1, -0.05) is 38.5 Å². The smallest absolute Gasteiger partial charge is 0.414 e. The fourth-order valence-electron chi connectivity index (χ4n) is 10.5. The van der Waals surface area contributed by atoms with Crippen molar-refractivity contribution in [3.8, 4) is 5.75 Å². The number of ether oxygens (including phenoxy) is 8. The van der Waals surface area contributed by atoms with Crippen molar-refractivity contribution in [3.05, 3.63) is 42.2 Å². The monoisotopic (exact) mass is 1620 g/mol. The summed E-state index contributed by atoms with van der Waals surface area (Å²) in [4.78, 5) is 152. The number of hydrogen-bond acceptors (Lipinski definition) is 22. The van der Waals surface area contributed by atoms with Crippen LogP contribution >= 0.6 is 0 Å². The van der Waals surface area contributed by atoms with Crippen molar-refractivity contribution in [3.63, 3.8) is 0 Å². The van der Waals surface area contributed by atoms with Crippen LogP contribution in [0.15, 0.2) is 41.7 Å². The number of nitrogens with one attached hydrogen (secondary N) is 12.